The van der Waals surface area contributed by atoms with Crippen molar-refractivity contribution in [2.75, 3.05) is 13.2 Å². The van der Waals surface area contributed by atoms with E-state index in [0.29, 0.717) is 19.3 Å². The lowest BCUT2D eigenvalue weighted by molar-refractivity contribution is -0.167. The van der Waals surface area contributed by atoms with E-state index in [1.54, 1.807) is 0 Å². The summed E-state index contributed by atoms with van der Waals surface area (Å²) < 4.78 is 16.8. The monoisotopic (exact) mass is 897 g/mol. The number of carbonyl (C=O) groups excluding carboxylic acids is 3. The summed E-state index contributed by atoms with van der Waals surface area (Å²) >= 11 is 0. The second kappa shape index (κ2) is 53.0. The van der Waals surface area contributed by atoms with Gasteiger partial charge in [0.1, 0.15) is 13.2 Å². The molecule has 1 unspecified atom stereocenters. The van der Waals surface area contributed by atoms with Crippen molar-refractivity contribution in [2.45, 2.75) is 290 Å². The van der Waals surface area contributed by atoms with E-state index in [9.17, 15) is 14.4 Å². The van der Waals surface area contributed by atoms with Crippen molar-refractivity contribution >= 4 is 17.9 Å². The smallest absolute Gasteiger partial charge is 0.306 e. The predicted molar refractivity (Wildman–Crippen MR) is 275 cm³/mol. The largest absolute Gasteiger partial charge is 0.462 e. The van der Waals surface area contributed by atoms with Crippen LogP contribution in [0.3, 0.4) is 0 Å². The first-order valence-electron chi connectivity index (χ1n) is 27.7. The summed E-state index contributed by atoms with van der Waals surface area (Å²) in [5, 5.41) is 0. The molecule has 64 heavy (non-hydrogen) atoms. The Labute approximate surface area is 397 Å². The molecule has 0 bridgehead atoms. The normalized spacial score (nSPS) is 12.4. The SMILES string of the molecule is CCCCCCC\C=C/C=C\C=C/CCCCCCCC(=O)OCC(COC(=O)CCCCCCCCCCCC)OC(=O)CCCCCCC/C=C\CCCCCCCCCCC. The molecule has 0 aliphatic rings. The molecule has 0 saturated heterocycles. The highest BCUT2D eigenvalue weighted by Gasteiger charge is 2.19. The summed E-state index contributed by atoms with van der Waals surface area (Å²) in [6.45, 7) is 6.61. The van der Waals surface area contributed by atoms with Crippen LogP contribution in [0.4, 0.5) is 0 Å². The number of rotatable bonds is 50. The summed E-state index contributed by atoms with van der Waals surface area (Å²) in [4.78, 5) is 38.0. The fourth-order valence-electron chi connectivity index (χ4n) is 7.91. The quantitative estimate of drug-likeness (QED) is 0.0199. The Morgan fingerprint density at radius 2 is 0.578 bits per heavy atom. The van der Waals surface area contributed by atoms with Crippen molar-refractivity contribution in [3.05, 3.63) is 48.6 Å². The molecule has 0 N–H and O–H groups in total. The standard InChI is InChI=1S/C58H104O6/c1-4-7-10-13-16-19-22-24-26-28-30-32-34-36-39-42-45-48-51-57(60)63-54-55(53-62-56(59)50-47-44-41-38-21-18-15-12-9-6-3)64-58(61)52-49-46-43-40-37-35-33-31-29-27-25-23-20-17-14-11-8-5-2/h22,24,26,28,30-33,55H,4-21,23,25,27,29,34-54H2,1-3H3/b24-22-,28-26-,32-30-,33-31-. The Bertz CT molecular complexity index is 1120. The molecule has 0 aromatic carbocycles. The molecule has 372 valence electrons. The molecule has 6 heteroatoms. The molecule has 0 aromatic rings. The molecule has 0 saturated carbocycles. The average Bonchev–Trinajstić information content (AvgIpc) is 3.29. The molecule has 0 spiro atoms. The molecular weight excluding hydrogens is 793 g/mol. The highest BCUT2D eigenvalue weighted by Crippen LogP contribution is 2.15. The van der Waals surface area contributed by atoms with Gasteiger partial charge in [-0.2, -0.15) is 0 Å². The van der Waals surface area contributed by atoms with Crippen LogP contribution < -0.4 is 0 Å². The zero-order valence-electron chi connectivity index (χ0n) is 42.6. The molecule has 6 nitrogen and oxygen atoms in total. The van der Waals surface area contributed by atoms with Crippen molar-refractivity contribution in [3.63, 3.8) is 0 Å². The van der Waals surface area contributed by atoms with Gasteiger partial charge in [0.15, 0.2) is 6.10 Å². The van der Waals surface area contributed by atoms with Crippen LogP contribution in [0.2, 0.25) is 0 Å². The third kappa shape index (κ3) is 50.4. The van der Waals surface area contributed by atoms with E-state index in [1.165, 1.54) is 154 Å². The van der Waals surface area contributed by atoms with Gasteiger partial charge >= 0.3 is 17.9 Å². The summed E-state index contributed by atoms with van der Waals surface area (Å²) in [6, 6.07) is 0. The molecule has 0 radical (unpaired) electrons. The molecule has 0 aliphatic carbocycles. The van der Waals surface area contributed by atoms with Crippen LogP contribution in [0, 0.1) is 0 Å². The van der Waals surface area contributed by atoms with Crippen LogP contribution in [0.5, 0.6) is 0 Å². The first kappa shape index (κ1) is 61.4. The number of unbranched alkanes of at least 4 members (excludes halogenated alkanes) is 33. The topological polar surface area (TPSA) is 78.9 Å². The fraction of sp³-hybridized carbons (Fsp3) is 0.810. The second-order valence-electron chi connectivity index (χ2n) is 18.6. The van der Waals surface area contributed by atoms with E-state index >= 15 is 0 Å². The van der Waals surface area contributed by atoms with E-state index in [4.69, 9.17) is 14.2 Å². The molecule has 0 rings (SSSR count). The van der Waals surface area contributed by atoms with E-state index in [-0.39, 0.29) is 31.1 Å². The van der Waals surface area contributed by atoms with Crippen LogP contribution in [0.25, 0.3) is 0 Å². The summed E-state index contributed by atoms with van der Waals surface area (Å²) in [7, 11) is 0. The number of hydrogen-bond donors (Lipinski definition) is 0. The number of allylic oxidation sites excluding steroid dienone is 8. The number of carbonyl (C=O) groups is 3. The van der Waals surface area contributed by atoms with Gasteiger partial charge in [-0.15, -0.1) is 0 Å². The van der Waals surface area contributed by atoms with Crippen LogP contribution in [0.15, 0.2) is 48.6 Å². The maximum Gasteiger partial charge on any atom is 0.306 e. The van der Waals surface area contributed by atoms with Crippen molar-refractivity contribution in [1.29, 1.82) is 0 Å². The molecule has 1 atom stereocenters. The summed E-state index contributed by atoms with van der Waals surface area (Å²) in [6.07, 6.45) is 63.8. The average molecular weight is 897 g/mol. The third-order valence-corrected chi connectivity index (χ3v) is 12.1. The Kier molecular flexibility index (Phi) is 50.8. The minimum Gasteiger partial charge on any atom is -0.462 e. The minimum atomic E-state index is -0.783. The molecular formula is C58H104O6. The van der Waals surface area contributed by atoms with Gasteiger partial charge in [0.25, 0.3) is 0 Å². The van der Waals surface area contributed by atoms with Crippen molar-refractivity contribution in [2.24, 2.45) is 0 Å². The summed E-state index contributed by atoms with van der Waals surface area (Å²) in [5.74, 6) is -0.901. The zero-order valence-corrected chi connectivity index (χ0v) is 42.6. The van der Waals surface area contributed by atoms with Crippen LogP contribution in [-0.2, 0) is 28.6 Å². The van der Waals surface area contributed by atoms with Crippen LogP contribution in [0.1, 0.15) is 284 Å². The maximum absolute atomic E-state index is 12.8. The van der Waals surface area contributed by atoms with Gasteiger partial charge in [0.2, 0.25) is 0 Å². The molecule has 0 amide bonds. The van der Waals surface area contributed by atoms with Gasteiger partial charge < -0.3 is 14.2 Å². The van der Waals surface area contributed by atoms with Gasteiger partial charge in [-0.1, -0.05) is 243 Å². The zero-order chi connectivity index (χ0) is 46.5. The Hall–Kier alpha value is -2.63. The molecule has 0 fully saturated rings. The van der Waals surface area contributed by atoms with E-state index in [1.807, 2.05) is 0 Å². The van der Waals surface area contributed by atoms with Gasteiger partial charge in [0.05, 0.1) is 0 Å². The molecule has 0 aliphatic heterocycles. The van der Waals surface area contributed by atoms with E-state index in [0.717, 1.165) is 89.9 Å². The first-order chi connectivity index (χ1) is 31.5. The lowest BCUT2D eigenvalue weighted by atomic mass is 10.1. The lowest BCUT2D eigenvalue weighted by Crippen LogP contribution is -2.30. The van der Waals surface area contributed by atoms with Crippen LogP contribution in [-0.4, -0.2) is 37.2 Å². The van der Waals surface area contributed by atoms with Gasteiger partial charge in [0, 0.05) is 19.3 Å². The second-order valence-corrected chi connectivity index (χ2v) is 18.6. The van der Waals surface area contributed by atoms with Gasteiger partial charge in [-0.25, -0.2) is 0 Å². The van der Waals surface area contributed by atoms with Crippen molar-refractivity contribution in [3.8, 4) is 0 Å². The van der Waals surface area contributed by atoms with Crippen molar-refractivity contribution < 1.29 is 28.6 Å². The number of esters is 3. The Morgan fingerprint density at radius 3 is 0.906 bits per heavy atom. The van der Waals surface area contributed by atoms with Crippen LogP contribution >= 0.6 is 0 Å². The highest BCUT2D eigenvalue weighted by molar-refractivity contribution is 5.71. The summed E-state index contributed by atoms with van der Waals surface area (Å²) in [5.41, 5.74) is 0. The van der Waals surface area contributed by atoms with E-state index < -0.39 is 6.10 Å². The predicted octanol–water partition coefficient (Wildman–Crippen LogP) is 18.3. The fourth-order valence-corrected chi connectivity index (χ4v) is 7.91. The molecule has 0 heterocycles. The Morgan fingerprint density at radius 1 is 0.312 bits per heavy atom. The number of hydrogen-bond acceptors (Lipinski definition) is 6. The third-order valence-electron chi connectivity index (χ3n) is 12.1. The first-order valence-corrected chi connectivity index (χ1v) is 27.7. The molecule has 0 aromatic heterocycles. The Balaban J connectivity index is 4.36. The highest BCUT2D eigenvalue weighted by atomic mass is 16.6. The lowest BCUT2D eigenvalue weighted by Gasteiger charge is -2.18. The minimum absolute atomic E-state index is 0.0810. The number of ether oxygens (including phenoxy) is 3. The maximum atomic E-state index is 12.8. The van der Waals surface area contributed by atoms with Gasteiger partial charge in [-0.05, 0) is 70.6 Å². The van der Waals surface area contributed by atoms with Crippen molar-refractivity contribution in [1.82, 2.24) is 0 Å². The van der Waals surface area contributed by atoms with E-state index in [2.05, 4.69) is 69.4 Å². The van der Waals surface area contributed by atoms with Gasteiger partial charge in [-0.3, -0.25) is 14.4 Å².